The van der Waals surface area contributed by atoms with Crippen molar-refractivity contribution in [3.8, 4) is 11.8 Å². The Morgan fingerprint density at radius 3 is 2.38 bits per heavy atom. The highest BCUT2D eigenvalue weighted by Crippen LogP contribution is 2.19. The summed E-state index contributed by atoms with van der Waals surface area (Å²) >= 11 is 0. The van der Waals surface area contributed by atoms with Crippen LogP contribution in [0.25, 0.3) is 0 Å². The second-order valence-corrected chi connectivity index (χ2v) is 3.25. The summed E-state index contributed by atoms with van der Waals surface area (Å²) < 4.78 is 0. The Labute approximate surface area is 78.7 Å². The highest BCUT2D eigenvalue weighted by Gasteiger charge is 2.28. The number of carbonyl (C=O) groups is 2. The van der Waals surface area contributed by atoms with E-state index in [1.165, 1.54) is 0 Å². The van der Waals surface area contributed by atoms with Crippen molar-refractivity contribution in [2.75, 3.05) is 0 Å². The molecule has 0 saturated heterocycles. The maximum Gasteiger partial charge on any atom is 0.144 e. The lowest BCUT2D eigenvalue weighted by molar-refractivity contribution is -0.135. The van der Waals surface area contributed by atoms with E-state index in [9.17, 15) is 9.59 Å². The van der Waals surface area contributed by atoms with Crippen LogP contribution < -0.4 is 0 Å². The first kappa shape index (κ1) is 9.98. The molecule has 1 aliphatic carbocycles. The molecular weight excluding hydrogens is 164 g/mol. The summed E-state index contributed by atoms with van der Waals surface area (Å²) in [6.45, 7) is 1.96. The average Bonchev–Trinajstić information content (AvgIpc) is 2.10. The Kier molecular flexibility index (Phi) is 3.70. The maximum absolute atomic E-state index is 11.3. The topological polar surface area (TPSA) is 34.1 Å². The Hall–Kier alpha value is -1.10. The standard InChI is InChI=1S/C11H14O2/c1-2-3-4-6-9-10(12)7-5-8-11(9)13/h9H,2,5-8H2,1H3. The first-order chi connectivity index (χ1) is 6.25. The minimum absolute atomic E-state index is 0.0849. The van der Waals surface area contributed by atoms with Crippen molar-refractivity contribution in [2.45, 2.75) is 39.0 Å². The van der Waals surface area contributed by atoms with Gasteiger partial charge in [0.15, 0.2) is 0 Å². The number of hydrogen-bond donors (Lipinski definition) is 0. The molecule has 1 fully saturated rings. The summed E-state index contributed by atoms with van der Waals surface area (Å²) in [4.78, 5) is 22.6. The molecule has 0 unspecified atom stereocenters. The maximum atomic E-state index is 11.3. The lowest BCUT2D eigenvalue weighted by Gasteiger charge is -2.16. The molecule has 1 rings (SSSR count). The molecule has 0 atom stereocenters. The molecule has 13 heavy (non-hydrogen) atoms. The van der Waals surface area contributed by atoms with Crippen LogP contribution in [0.4, 0.5) is 0 Å². The molecule has 0 spiro atoms. The Balaban J connectivity index is 2.54. The van der Waals surface area contributed by atoms with Crippen molar-refractivity contribution in [1.82, 2.24) is 0 Å². The monoisotopic (exact) mass is 178 g/mol. The van der Waals surface area contributed by atoms with Gasteiger partial charge >= 0.3 is 0 Å². The Bertz CT molecular complexity index is 252. The fourth-order valence-electron chi connectivity index (χ4n) is 1.49. The van der Waals surface area contributed by atoms with Crippen molar-refractivity contribution in [3.05, 3.63) is 0 Å². The van der Waals surface area contributed by atoms with E-state index < -0.39 is 5.92 Å². The van der Waals surface area contributed by atoms with Gasteiger partial charge in [0, 0.05) is 25.7 Å². The van der Waals surface area contributed by atoms with Gasteiger partial charge in [-0.25, -0.2) is 0 Å². The highest BCUT2D eigenvalue weighted by molar-refractivity contribution is 6.04. The third-order valence-electron chi connectivity index (χ3n) is 2.23. The third kappa shape index (κ3) is 2.69. The molecule has 0 aromatic rings. The first-order valence-electron chi connectivity index (χ1n) is 4.77. The van der Waals surface area contributed by atoms with Gasteiger partial charge in [-0.15, -0.1) is 11.8 Å². The summed E-state index contributed by atoms with van der Waals surface area (Å²) in [5, 5.41) is 0. The van der Waals surface area contributed by atoms with Crippen LogP contribution in [0.3, 0.4) is 0 Å². The van der Waals surface area contributed by atoms with Crippen molar-refractivity contribution < 1.29 is 9.59 Å². The van der Waals surface area contributed by atoms with Crippen LogP contribution in [0.15, 0.2) is 0 Å². The summed E-state index contributed by atoms with van der Waals surface area (Å²) in [7, 11) is 0. The summed E-state index contributed by atoms with van der Waals surface area (Å²) in [5.74, 6) is 5.52. The van der Waals surface area contributed by atoms with E-state index in [0.29, 0.717) is 19.3 Å². The number of hydrogen-bond acceptors (Lipinski definition) is 2. The first-order valence-corrected chi connectivity index (χ1v) is 4.77. The number of Topliss-reactive ketones (excluding diaryl/α,β-unsaturated/α-hetero) is 2. The normalized spacial score (nSPS) is 18.2. The predicted molar refractivity (Wildman–Crippen MR) is 50.0 cm³/mol. The van der Waals surface area contributed by atoms with Gasteiger partial charge in [-0.3, -0.25) is 9.59 Å². The molecular formula is C11H14O2. The average molecular weight is 178 g/mol. The van der Waals surface area contributed by atoms with Crippen LogP contribution in [0.5, 0.6) is 0 Å². The van der Waals surface area contributed by atoms with Crippen LogP contribution in [-0.4, -0.2) is 11.6 Å². The van der Waals surface area contributed by atoms with E-state index in [-0.39, 0.29) is 11.6 Å². The van der Waals surface area contributed by atoms with Crippen LogP contribution in [0.1, 0.15) is 39.0 Å². The van der Waals surface area contributed by atoms with Gasteiger partial charge in [0.25, 0.3) is 0 Å². The minimum atomic E-state index is -0.409. The van der Waals surface area contributed by atoms with Gasteiger partial charge in [-0.05, 0) is 6.42 Å². The van der Waals surface area contributed by atoms with Crippen molar-refractivity contribution in [2.24, 2.45) is 5.92 Å². The number of carbonyl (C=O) groups excluding carboxylic acids is 2. The SMILES string of the molecule is CCC#CCC1C(=O)CCCC1=O. The second kappa shape index (κ2) is 4.81. The van der Waals surface area contributed by atoms with Crippen LogP contribution in [-0.2, 0) is 9.59 Å². The fraction of sp³-hybridized carbons (Fsp3) is 0.636. The van der Waals surface area contributed by atoms with Gasteiger partial charge in [0.1, 0.15) is 11.6 Å². The number of rotatable bonds is 1. The van der Waals surface area contributed by atoms with Crippen molar-refractivity contribution in [3.63, 3.8) is 0 Å². The molecule has 2 nitrogen and oxygen atoms in total. The molecule has 0 heterocycles. The zero-order valence-electron chi connectivity index (χ0n) is 7.93. The molecule has 0 aromatic carbocycles. The Morgan fingerprint density at radius 1 is 1.23 bits per heavy atom. The molecule has 0 aromatic heterocycles. The Morgan fingerprint density at radius 2 is 1.85 bits per heavy atom. The van der Waals surface area contributed by atoms with Gasteiger partial charge in [0.2, 0.25) is 0 Å². The zero-order valence-corrected chi connectivity index (χ0v) is 7.93. The van der Waals surface area contributed by atoms with Crippen LogP contribution in [0, 0.1) is 17.8 Å². The molecule has 0 bridgehead atoms. The van der Waals surface area contributed by atoms with E-state index in [0.717, 1.165) is 12.8 Å². The fourth-order valence-corrected chi connectivity index (χ4v) is 1.49. The molecule has 2 heteroatoms. The number of ketones is 2. The van der Waals surface area contributed by atoms with Crippen molar-refractivity contribution >= 4 is 11.6 Å². The third-order valence-corrected chi connectivity index (χ3v) is 2.23. The van der Waals surface area contributed by atoms with Gasteiger partial charge in [-0.1, -0.05) is 6.92 Å². The largest absolute Gasteiger partial charge is 0.299 e. The van der Waals surface area contributed by atoms with Gasteiger partial charge < -0.3 is 0 Å². The molecule has 1 aliphatic rings. The van der Waals surface area contributed by atoms with Crippen LogP contribution >= 0.6 is 0 Å². The zero-order chi connectivity index (χ0) is 9.68. The van der Waals surface area contributed by atoms with E-state index in [1.807, 2.05) is 6.92 Å². The molecule has 0 amide bonds. The minimum Gasteiger partial charge on any atom is -0.299 e. The van der Waals surface area contributed by atoms with Crippen molar-refractivity contribution in [1.29, 1.82) is 0 Å². The summed E-state index contributed by atoms with van der Waals surface area (Å²) in [6, 6.07) is 0. The lowest BCUT2D eigenvalue weighted by atomic mass is 9.85. The van der Waals surface area contributed by atoms with Crippen LogP contribution in [0.2, 0.25) is 0 Å². The van der Waals surface area contributed by atoms with E-state index in [2.05, 4.69) is 11.8 Å². The van der Waals surface area contributed by atoms with Gasteiger partial charge in [0.05, 0.1) is 5.92 Å². The molecule has 0 radical (unpaired) electrons. The smallest absolute Gasteiger partial charge is 0.144 e. The lowest BCUT2D eigenvalue weighted by Crippen LogP contribution is -2.28. The highest BCUT2D eigenvalue weighted by atomic mass is 16.2. The van der Waals surface area contributed by atoms with E-state index in [4.69, 9.17) is 0 Å². The van der Waals surface area contributed by atoms with E-state index >= 15 is 0 Å². The molecule has 1 saturated carbocycles. The quantitative estimate of drug-likeness (QED) is 0.452. The van der Waals surface area contributed by atoms with E-state index in [1.54, 1.807) is 0 Å². The summed E-state index contributed by atoms with van der Waals surface area (Å²) in [6.07, 6.45) is 3.07. The predicted octanol–water partition coefficient (Wildman–Crippen LogP) is 1.73. The molecule has 0 aliphatic heterocycles. The second-order valence-electron chi connectivity index (χ2n) is 3.25. The summed E-state index contributed by atoms with van der Waals surface area (Å²) in [5.41, 5.74) is 0. The molecule has 70 valence electrons. The molecule has 0 N–H and O–H groups in total. The van der Waals surface area contributed by atoms with Gasteiger partial charge in [-0.2, -0.15) is 0 Å².